The van der Waals surface area contributed by atoms with E-state index in [-0.39, 0.29) is 5.91 Å². The molecular weight excluding hydrogens is 396 g/mol. The maximum atomic E-state index is 12.4. The Morgan fingerprint density at radius 3 is 2.53 bits per heavy atom. The van der Waals surface area contributed by atoms with Gasteiger partial charge in [0.05, 0.1) is 5.52 Å². The van der Waals surface area contributed by atoms with Gasteiger partial charge in [0.1, 0.15) is 5.82 Å². The van der Waals surface area contributed by atoms with Crippen molar-refractivity contribution in [3.8, 4) is 0 Å². The van der Waals surface area contributed by atoms with E-state index in [9.17, 15) is 4.79 Å². The molecule has 2 heterocycles. The summed E-state index contributed by atoms with van der Waals surface area (Å²) in [4.78, 5) is 22.0. The zero-order valence-electron chi connectivity index (χ0n) is 19.3. The van der Waals surface area contributed by atoms with Gasteiger partial charge in [-0.3, -0.25) is 4.79 Å². The fraction of sp³-hybridized carbons (Fsp3) is 0.333. The highest BCUT2D eigenvalue weighted by molar-refractivity contribution is 6.03. The van der Waals surface area contributed by atoms with E-state index in [0.29, 0.717) is 0 Å². The van der Waals surface area contributed by atoms with Gasteiger partial charge in [-0.05, 0) is 67.4 Å². The lowest BCUT2D eigenvalue weighted by atomic mass is 10.1. The van der Waals surface area contributed by atoms with Crippen LogP contribution in [-0.4, -0.2) is 49.0 Å². The molecule has 5 nitrogen and oxygen atoms in total. The molecule has 1 amide bonds. The van der Waals surface area contributed by atoms with Gasteiger partial charge in [0.2, 0.25) is 5.91 Å². The molecule has 1 saturated heterocycles. The fourth-order valence-electron chi connectivity index (χ4n) is 4.09. The maximum absolute atomic E-state index is 12.4. The molecule has 1 fully saturated rings. The molecule has 1 N–H and O–H groups in total. The Balaban J connectivity index is 1.44. The van der Waals surface area contributed by atoms with Crippen molar-refractivity contribution < 1.29 is 4.79 Å². The molecule has 0 spiro atoms. The van der Waals surface area contributed by atoms with Crippen molar-refractivity contribution in [2.45, 2.75) is 26.7 Å². The number of nitrogens with zero attached hydrogens (tertiary/aromatic N) is 3. The third kappa shape index (κ3) is 5.35. The van der Waals surface area contributed by atoms with Crippen molar-refractivity contribution in [2.24, 2.45) is 0 Å². The molecule has 1 aliphatic heterocycles. The number of nitrogens with one attached hydrogen (secondary N) is 1. The molecule has 5 heteroatoms. The Hall–Kier alpha value is -3.18. The summed E-state index contributed by atoms with van der Waals surface area (Å²) in [5, 5.41) is 4.04. The Morgan fingerprint density at radius 1 is 1.06 bits per heavy atom. The number of likely N-dealkylation sites (N-methyl/N-ethyl adjacent to an activating group) is 1. The normalized spacial score (nSPS) is 14.9. The number of hydrogen-bond acceptors (Lipinski definition) is 4. The molecule has 3 aromatic rings. The lowest BCUT2D eigenvalue weighted by Crippen LogP contribution is -2.44. The second kappa shape index (κ2) is 9.96. The quantitative estimate of drug-likeness (QED) is 0.568. The van der Waals surface area contributed by atoms with Crippen LogP contribution >= 0.6 is 0 Å². The first-order valence-corrected chi connectivity index (χ1v) is 11.4. The monoisotopic (exact) mass is 428 g/mol. The van der Waals surface area contributed by atoms with Gasteiger partial charge in [-0.25, -0.2) is 4.98 Å². The number of hydrogen-bond donors (Lipinski definition) is 1. The van der Waals surface area contributed by atoms with Gasteiger partial charge in [-0.2, -0.15) is 0 Å². The van der Waals surface area contributed by atoms with E-state index in [1.165, 1.54) is 11.1 Å². The number of fused-ring (bicyclic) bond motifs is 1. The zero-order chi connectivity index (χ0) is 22.5. The van der Waals surface area contributed by atoms with Crippen molar-refractivity contribution in [1.29, 1.82) is 0 Å². The second-order valence-electron chi connectivity index (χ2n) is 8.63. The minimum atomic E-state index is -0.137. The van der Waals surface area contributed by atoms with Crippen LogP contribution in [0.15, 0.2) is 54.6 Å². The second-order valence-corrected chi connectivity index (χ2v) is 8.63. The van der Waals surface area contributed by atoms with Gasteiger partial charge in [-0.15, -0.1) is 0 Å². The van der Waals surface area contributed by atoms with Crippen molar-refractivity contribution >= 4 is 34.4 Å². The zero-order valence-corrected chi connectivity index (χ0v) is 19.3. The summed E-state index contributed by atoms with van der Waals surface area (Å²) in [6.45, 7) is 8.39. The standard InChI is InChI=1S/C27H32N4O/c1-4-5-21-6-8-22(9-7-21)10-13-27(32)28-23-11-12-25-24(19-23)20(2)18-26(29-25)31-16-14-30(3)15-17-31/h6-13,18-19H,4-5,14-17H2,1-3H3,(H,28,32). The van der Waals surface area contributed by atoms with Crippen LogP contribution in [0, 0.1) is 6.92 Å². The smallest absolute Gasteiger partial charge is 0.248 e. The molecule has 0 atom stereocenters. The number of carbonyl (C=O) groups is 1. The SMILES string of the molecule is CCCc1ccc(C=CC(=O)Nc2ccc3nc(N4CCN(C)CC4)cc(C)c3c2)cc1. The number of rotatable bonds is 6. The molecule has 0 saturated carbocycles. The van der Waals surface area contributed by atoms with Crippen LogP contribution < -0.4 is 10.2 Å². The predicted octanol–water partition coefficient (Wildman–Crippen LogP) is 4.90. The summed E-state index contributed by atoms with van der Waals surface area (Å²) in [6, 6.07) is 16.4. The van der Waals surface area contributed by atoms with Crippen LogP contribution in [0.4, 0.5) is 11.5 Å². The molecule has 166 valence electrons. The van der Waals surface area contributed by atoms with E-state index in [1.807, 2.05) is 24.3 Å². The molecule has 0 radical (unpaired) electrons. The van der Waals surface area contributed by atoms with E-state index >= 15 is 0 Å². The summed E-state index contributed by atoms with van der Waals surface area (Å²) in [6.07, 6.45) is 5.65. The van der Waals surface area contributed by atoms with Gasteiger partial charge < -0.3 is 15.1 Å². The summed E-state index contributed by atoms with van der Waals surface area (Å²) in [5.74, 6) is 0.898. The number of aryl methyl sites for hydroxylation is 2. The number of carbonyl (C=O) groups excluding carboxylic acids is 1. The lowest BCUT2D eigenvalue weighted by Gasteiger charge is -2.33. The first-order valence-electron chi connectivity index (χ1n) is 11.4. The van der Waals surface area contributed by atoms with Crippen molar-refractivity contribution in [2.75, 3.05) is 43.4 Å². The molecule has 32 heavy (non-hydrogen) atoms. The molecule has 0 unspecified atom stereocenters. The van der Waals surface area contributed by atoms with Gasteiger partial charge in [-0.1, -0.05) is 37.6 Å². The van der Waals surface area contributed by atoms with Crippen molar-refractivity contribution in [3.05, 3.63) is 71.3 Å². The summed E-state index contributed by atoms with van der Waals surface area (Å²) in [5.41, 5.74) is 5.25. The number of anilines is 2. The van der Waals surface area contributed by atoms with Crippen molar-refractivity contribution in [1.82, 2.24) is 9.88 Å². The van der Waals surface area contributed by atoms with Crippen LogP contribution in [0.25, 0.3) is 17.0 Å². The fourth-order valence-corrected chi connectivity index (χ4v) is 4.09. The summed E-state index contributed by atoms with van der Waals surface area (Å²) in [7, 11) is 2.16. The van der Waals surface area contributed by atoms with Gasteiger partial charge >= 0.3 is 0 Å². The van der Waals surface area contributed by atoms with Crippen LogP contribution in [0.2, 0.25) is 0 Å². The molecule has 1 aromatic heterocycles. The maximum Gasteiger partial charge on any atom is 0.248 e. The summed E-state index contributed by atoms with van der Waals surface area (Å²) < 4.78 is 0. The highest BCUT2D eigenvalue weighted by Gasteiger charge is 2.16. The van der Waals surface area contributed by atoms with E-state index in [4.69, 9.17) is 4.98 Å². The van der Waals surface area contributed by atoms with Crippen LogP contribution in [0.1, 0.15) is 30.0 Å². The van der Waals surface area contributed by atoms with Crippen LogP contribution in [0.3, 0.4) is 0 Å². The Bertz CT molecular complexity index is 1110. The molecule has 4 rings (SSSR count). The van der Waals surface area contributed by atoms with Crippen LogP contribution in [0.5, 0.6) is 0 Å². The number of benzene rings is 2. The number of aromatic nitrogens is 1. The number of pyridine rings is 1. The topological polar surface area (TPSA) is 48.5 Å². The first-order chi connectivity index (χ1) is 15.5. The predicted molar refractivity (Wildman–Crippen MR) is 134 cm³/mol. The molecule has 2 aromatic carbocycles. The Morgan fingerprint density at radius 2 is 1.81 bits per heavy atom. The van der Waals surface area contributed by atoms with E-state index in [1.54, 1.807) is 6.08 Å². The largest absolute Gasteiger partial charge is 0.354 e. The number of amides is 1. The Labute approximate surface area is 190 Å². The van der Waals surface area contributed by atoms with E-state index in [0.717, 1.165) is 67.0 Å². The van der Waals surface area contributed by atoms with E-state index in [2.05, 4.69) is 66.3 Å². The molecular formula is C27H32N4O. The lowest BCUT2D eigenvalue weighted by molar-refractivity contribution is -0.111. The minimum Gasteiger partial charge on any atom is -0.354 e. The highest BCUT2D eigenvalue weighted by Crippen LogP contribution is 2.26. The summed E-state index contributed by atoms with van der Waals surface area (Å²) >= 11 is 0. The van der Waals surface area contributed by atoms with Gasteiger partial charge in [0.25, 0.3) is 0 Å². The third-order valence-corrected chi connectivity index (χ3v) is 6.04. The third-order valence-electron chi connectivity index (χ3n) is 6.04. The highest BCUT2D eigenvalue weighted by atomic mass is 16.1. The first kappa shape index (κ1) is 22.0. The molecule has 1 aliphatic rings. The number of piperazine rings is 1. The average molecular weight is 429 g/mol. The van der Waals surface area contributed by atoms with E-state index < -0.39 is 0 Å². The van der Waals surface area contributed by atoms with Crippen LogP contribution in [-0.2, 0) is 11.2 Å². The van der Waals surface area contributed by atoms with Gasteiger partial charge in [0.15, 0.2) is 0 Å². The van der Waals surface area contributed by atoms with Gasteiger partial charge in [0, 0.05) is 43.3 Å². The minimum absolute atomic E-state index is 0.137. The Kier molecular flexibility index (Phi) is 6.86. The van der Waals surface area contributed by atoms with Crippen molar-refractivity contribution in [3.63, 3.8) is 0 Å². The molecule has 0 aliphatic carbocycles. The average Bonchev–Trinajstić information content (AvgIpc) is 2.79. The molecule has 0 bridgehead atoms.